The predicted molar refractivity (Wildman–Crippen MR) is 98.8 cm³/mol. The smallest absolute Gasteiger partial charge is 0.0780 e. The highest BCUT2D eigenvalue weighted by Gasteiger charge is 2.11. The van der Waals surface area contributed by atoms with Gasteiger partial charge in [-0.1, -0.05) is 62.4 Å². The van der Waals surface area contributed by atoms with E-state index in [2.05, 4.69) is 85.6 Å². The van der Waals surface area contributed by atoms with Gasteiger partial charge in [-0.05, 0) is 45.8 Å². The van der Waals surface area contributed by atoms with E-state index in [0.29, 0.717) is 5.92 Å². The normalized spacial score (nSPS) is 11.4. The quantitative estimate of drug-likeness (QED) is 0.430. The predicted octanol–water partition coefficient (Wildman–Crippen LogP) is 6.18. The molecule has 23 heavy (non-hydrogen) atoms. The fourth-order valence-corrected chi connectivity index (χ4v) is 3.30. The average Bonchev–Trinajstić information content (AvgIpc) is 2.60. The Morgan fingerprint density at radius 3 is 2.22 bits per heavy atom. The van der Waals surface area contributed by atoms with Crippen molar-refractivity contribution < 1.29 is 0 Å². The zero-order chi connectivity index (χ0) is 15.8. The fraction of sp³-hybridized carbons (Fsp3) is 0.136. The molecule has 0 atom stereocenters. The van der Waals surface area contributed by atoms with Crippen molar-refractivity contribution in [1.29, 1.82) is 0 Å². The first-order valence-corrected chi connectivity index (χ1v) is 8.11. The van der Waals surface area contributed by atoms with Gasteiger partial charge >= 0.3 is 0 Å². The molecule has 0 unspecified atom stereocenters. The van der Waals surface area contributed by atoms with E-state index in [-0.39, 0.29) is 0 Å². The second-order valence-corrected chi connectivity index (χ2v) is 6.32. The summed E-state index contributed by atoms with van der Waals surface area (Å²) in [5, 5.41) is 5.06. The maximum Gasteiger partial charge on any atom is 0.0780 e. The highest BCUT2D eigenvalue weighted by molar-refractivity contribution is 5.98. The van der Waals surface area contributed by atoms with Gasteiger partial charge in [-0.25, -0.2) is 0 Å². The zero-order valence-corrected chi connectivity index (χ0v) is 13.5. The van der Waals surface area contributed by atoms with Crippen molar-refractivity contribution in [1.82, 2.24) is 4.98 Å². The van der Waals surface area contributed by atoms with Crippen LogP contribution in [0, 0.1) is 0 Å². The molecular weight excluding hydrogens is 278 g/mol. The monoisotopic (exact) mass is 297 g/mol. The van der Waals surface area contributed by atoms with E-state index in [0.717, 1.165) is 5.69 Å². The number of aromatic nitrogens is 1. The standard InChI is InChI=1S/C22H19N/c1-15(2)21-14-18(13-17-8-4-5-9-19(17)21)22-20-10-6-3-7-16(20)11-12-23-22/h3-15H,1-2H3. The SMILES string of the molecule is CC(C)c1cc(-c2nccc3ccccc23)cc2ccccc12. The highest BCUT2D eigenvalue weighted by atomic mass is 14.7. The van der Waals surface area contributed by atoms with Gasteiger partial charge in [-0.3, -0.25) is 4.98 Å². The lowest BCUT2D eigenvalue weighted by molar-refractivity contribution is 0.876. The van der Waals surface area contributed by atoms with Gasteiger partial charge in [0, 0.05) is 17.1 Å². The lowest BCUT2D eigenvalue weighted by Gasteiger charge is -2.14. The third-order valence-electron chi connectivity index (χ3n) is 4.46. The van der Waals surface area contributed by atoms with Crippen molar-refractivity contribution in [2.45, 2.75) is 19.8 Å². The number of hydrogen-bond acceptors (Lipinski definition) is 1. The van der Waals surface area contributed by atoms with Crippen LogP contribution in [0.4, 0.5) is 0 Å². The summed E-state index contributed by atoms with van der Waals surface area (Å²) < 4.78 is 0. The molecule has 0 saturated carbocycles. The summed E-state index contributed by atoms with van der Waals surface area (Å²) in [4.78, 5) is 4.68. The van der Waals surface area contributed by atoms with E-state index in [1.54, 1.807) is 0 Å². The third-order valence-corrected chi connectivity index (χ3v) is 4.46. The van der Waals surface area contributed by atoms with Gasteiger partial charge < -0.3 is 0 Å². The van der Waals surface area contributed by atoms with Crippen LogP contribution in [0.3, 0.4) is 0 Å². The van der Waals surface area contributed by atoms with Gasteiger partial charge in [-0.2, -0.15) is 0 Å². The Bertz CT molecular complexity index is 994. The minimum Gasteiger partial charge on any atom is -0.256 e. The topological polar surface area (TPSA) is 12.9 Å². The first-order valence-electron chi connectivity index (χ1n) is 8.11. The van der Waals surface area contributed by atoms with Crippen LogP contribution >= 0.6 is 0 Å². The Hall–Kier alpha value is -2.67. The molecule has 0 aliphatic rings. The van der Waals surface area contributed by atoms with Crippen molar-refractivity contribution in [2.24, 2.45) is 0 Å². The Labute approximate surface area is 136 Å². The molecule has 112 valence electrons. The minimum absolute atomic E-state index is 0.481. The molecule has 0 radical (unpaired) electrons. The summed E-state index contributed by atoms with van der Waals surface area (Å²) >= 11 is 0. The van der Waals surface area contributed by atoms with Gasteiger partial charge in [0.2, 0.25) is 0 Å². The molecule has 1 aromatic heterocycles. The number of pyridine rings is 1. The van der Waals surface area contributed by atoms with Crippen LogP contribution in [-0.4, -0.2) is 4.98 Å². The van der Waals surface area contributed by atoms with Crippen molar-refractivity contribution in [2.75, 3.05) is 0 Å². The number of benzene rings is 3. The first kappa shape index (κ1) is 14.0. The van der Waals surface area contributed by atoms with Crippen LogP contribution in [0.25, 0.3) is 32.8 Å². The largest absolute Gasteiger partial charge is 0.256 e. The third kappa shape index (κ3) is 2.39. The molecule has 0 aliphatic carbocycles. The lowest BCUT2D eigenvalue weighted by Crippen LogP contribution is -1.93. The van der Waals surface area contributed by atoms with Crippen LogP contribution in [-0.2, 0) is 0 Å². The van der Waals surface area contributed by atoms with E-state index in [9.17, 15) is 0 Å². The maximum absolute atomic E-state index is 4.68. The average molecular weight is 297 g/mol. The summed E-state index contributed by atoms with van der Waals surface area (Å²) in [6.45, 7) is 4.50. The molecule has 0 saturated heterocycles. The number of nitrogens with zero attached hydrogens (tertiary/aromatic N) is 1. The van der Waals surface area contributed by atoms with Crippen molar-refractivity contribution in [3.63, 3.8) is 0 Å². The summed E-state index contributed by atoms with van der Waals surface area (Å²) in [7, 11) is 0. The van der Waals surface area contributed by atoms with Gasteiger partial charge in [0.1, 0.15) is 0 Å². The van der Waals surface area contributed by atoms with E-state index >= 15 is 0 Å². The molecule has 0 amide bonds. The molecule has 0 fully saturated rings. The Balaban J connectivity index is 2.05. The zero-order valence-electron chi connectivity index (χ0n) is 13.5. The molecule has 0 aliphatic heterocycles. The second kappa shape index (κ2) is 5.51. The molecule has 4 rings (SSSR count). The number of fused-ring (bicyclic) bond motifs is 2. The molecule has 0 N–H and O–H groups in total. The Morgan fingerprint density at radius 2 is 1.43 bits per heavy atom. The number of hydrogen-bond donors (Lipinski definition) is 0. The molecule has 4 aromatic rings. The van der Waals surface area contributed by atoms with Crippen LogP contribution in [0.5, 0.6) is 0 Å². The van der Waals surface area contributed by atoms with Crippen LogP contribution in [0.1, 0.15) is 25.3 Å². The Morgan fingerprint density at radius 1 is 0.739 bits per heavy atom. The van der Waals surface area contributed by atoms with Gasteiger partial charge in [-0.15, -0.1) is 0 Å². The summed E-state index contributed by atoms with van der Waals surface area (Å²) in [5.74, 6) is 0.481. The second-order valence-electron chi connectivity index (χ2n) is 6.32. The van der Waals surface area contributed by atoms with E-state index < -0.39 is 0 Å². The van der Waals surface area contributed by atoms with Gasteiger partial charge in [0.05, 0.1) is 5.69 Å². The van der Waals surface area contributed by atoms with Crippen molar-refractivity contribution >= 4 is 21.5 Å². The highest BCUT2D eigenvalue weighted by Crippen LogP contribution is 2.33. The first-order chi connectivity index (χ1) is 11.2. The molecule has 0 bridgehead atoms. The fourth-order valence-electron chi connectivity index (χ4n) is 3.30. The van der Waals surface area contributed by atoms with E-state index in [1.807, 2.05) is 6.20 Å². The molecule has 1 heterocycles. The van der Waals surface area contributed by atoms with E-state index in [4.69, 9.17) is 0 Å². The van der Waals surface area contributed by atoms with Crippen molar-refractivity contribution in [3.05, 3.63) is 78.5 Å². The van der Waals surface area contributed by atoms with E-state index in [1.165, 1.54) is 32.7 Å². The van der Waals surface area contributed by atoms with Crippen LogP contribution in [0.2, 0.25) is 0 Å². The molecule has 0 spiro atoms. The molecule has 1 heteroatoms. The molecular formula is C22H19N. The van der Waals surface area contributed by atoms with Crippen LogP contribution in [0.15, 0.2) is 72.9 Å². The molecule has 3 aromatic carbocycles. The van der Waals surface area contributed by atoms with Crippen LogP contribution < -0.4 is 0 Å². The van der Waals surface area contributed by atoms with Gasteiger partial charge in [0.25, 0.3) is 0 Å². The Kier molecular flexibility index (Phi) is 3.34. The van der Waals surface area contributed by atoms with Gasteiger partial charge in [0.15, 0.2) is 0 Å². The summed E-state index contributed by atoms with van der Waals surface area (Å²) in [5.41, 5.74) is 3.65. The lowest BCUT2D eigenvalue weighted by atomic mass is 9.92. The minimum atomic E-state index is 0.481. The summed E-state index contributed by atoms with van der Waals surface area (Å²) in [6.07, 6.45) is 1.90. The molecule has 1 nitrogen and oxygen atoms in total. The summed E-state index contributed by atoms with van der Waals surface area (Å²) in [6, 6.07) is 23.7. The van der Waals surface area contributed by atoms with Crippen molar-refractivity contribution in [3.8, 4) is 11.3 Å². The number of rotatable bonds is 2. The maximum atomic E-state index is 4.68.